The number of hydrogen-bond acceptors (Lipinski definition) is 5. The Kier molecular flexibility index (Phi) is 6.33. The number of furan rings is 1. The van der Waals surface area contributed by atoms with E-state index in [0.717, 1.165) is 12.8 Å². The minimum absolute atomic E-state index is 0.0521. The molecule has 0 spiro atoms. The summed E-state index contributed by atoms with van der Waals surface area (Å²) in [5.41, 5.74) is -0.153. The van der Waals surface area contributed by atoms with E-state index in [-0.39, 0.29) is 18.9 Å². The van der Waals surface area contributed by atoms with Gasteiger partial charge in [-0.1, -0.05) is 6.07 Å². The van der Waals surface area contributed by atoms with E-state index in [1.54, 1.807) is 48.2 Å². The van der Waals surface area contributed by atoms with Crippen molar-refractivity contribution in [3.05, 3.63) is 48.4 Å². The van der Waals surface area contributed by atoms with Crippen molar-refractivity contribution in [1.29, 1.82) is 0 Å². The number of piperidine rings is 1. The normalized spacial score (nSPS) is 16.2. The van der Waals surface area contributed by atoms with E-state index in [0.29, 0.717) is 30.1 Å². The van der Waals surface area contributed by atoms with Gasteiger partial charge in [0.2, 0.25) is 5.91 Å². The molecular formula is C21H25N3O5. The highest BCUT2D eigenvalue weighted by molar-refractivity contribution is 6.39. The van der Waals surface area contributed by atoms with Crippen LogP contribution >= 0.6 is 0 Å². The van der Waals surface area contributed by atoms with Crippen LogP contribution in [0.4, 0.5) is 11.4 Å². The molecule has 1 atom stereocenters. The van der Waals surface area contributed by atoms with Gasteiger partial charge >= 0.3 is 11.8 Å². The lowest BCUT2D eigenvalue weighted by molar-refractivity contribution is -0.136. The molecule has 0 radical (unpaired) electrons. The Labute approximate surface area is 168 Å². The molecule has 1 aliphatic rings. The fourth-order valence-corrected chi connectivity index (χ4v) is 3.22. The summed E-state index contributed by atoms with van der Waals surface area (Å²) in [4.78, 5) is 38.1. The van der Waals surface area contributed by atoms with E-state index in [4.69, 9.17) is 4.42 Å². The number of nitrogens with one attached hydrogen (secondary N) is 2. The summed E-state index contributed by atoms with van der Waals surface area (Å²) >= 11 is 0. The Bertz CT molecular complexity index is 876. The van der Waals surface area contributed by atoms with Gasteiger partial charge in [0.1, 0.15) is 5.76 Å². The summed E-state index contributed by atoms with van der Waals surface area (Å²) in [6.45, 7) is 2.08. The minimum atomic E-state index is -1.26. The van der Waals surface area contributed by atoms with Crippen molar-refractivity contribution >= 4 is 29.1 Å². The topological polar surface area (TPSA) is 112 Å². The largest absolute Gasteiger partial charge is 0.469 e. The van der Waals surface area contributed by atoms with E-state index in [1.807, 2.05) is 0 Å². The van der Waals surface area contributed by atoms with Crippen LogP contribution in [0, 0.1) is 0 Å². The molecule has 8 nitrogen and oxygen atoms in total. The standard InChI is InChI=1S/C21H25N3O5/c1-21(28,13-17-8-5-11-29-17)14-22-19(26)20(27)23-15-6-4-7-16(12-15)24-10-3-2-9-18(24)25/h4-8,11-12,28H,2-3,9-10,13-14H2,1H3,(H,22,26)(H,23,27)/t21-/m0/s1. The second-order valence-corrected chi connectivity index (χ2v) is 7.44. The minimum Gasteiger partial charge on any atom is -0.469 e. The number of benzene rings is 1. The van der Waals surface area contributed by atoms with Gasteiger partial charge in [-0.2, -0.15) is 0 Å². The van der Waals surface area contributed by atoms with Crippen LogP contribution in [0.3, 0.4) is 0 Å². The first kappa shape index (κ1) is 20.6. The molecule has 2 heterocycles. The van der Waals surface area contributed by atoms with Crippen molar-refractivity contribution in [3.63, 3.8) is 0 Å². The smallest absolute Gasteiger partial charge is 0.313 e. The molecule has 1 aromatic heterocycles. The van der Waals surface area contributed by atoms with Gasteiger partial charge in [-0.25, -0.2) is 0 Å². The Morgan fingerprint density at radius 1 is 1.21 bits per heavy atom. The van der Waals surface area contributed by atoms with Crippen molar-refractivity contribution in [1.82, 2.24) is 5.32 Å². The maximum absolute atomic E-state index is 12.2. The van der Waals surface area contributed by atoms with E-state index in [1.165, 1.54) is 6.26 Å². The first-order valence-corrected chi connectivity index (χ1v) is 9.58. The maximum Gasteiger partial charge on any atom is 0.313 e. The molecule has 3 amide bonds. The van der Waals surface area contributed by atoms with Gasteiger partial charge in [-0.3, -0.25) is 14.4 Å². The fraction of sp³-hybridized carbons (Fsp3) is 0.381. The van der Waals surface area contributed by atoms with E-state index < -0.39 is 17.4 Å². The third kappa shape index (κ3) is 5.68. The average molecular weight is 399 g/mol. The molecule has 0 saturated carbocycles. The van der Waals surface area contributed by atoms with Crippen molar-refractivity contribution in [3.8, 4) is 0 Å². The van der Waals surface area contributed by atoms with E-state index in [2.05, 4.69) is 10.6 Å². The lowest BCUT2D eigenvalue weighted by atomic mass is 10.0. The molecule has 0 unspecified atom stereocenters. The Morgan fingerprint density at radius 3 is 2.76 bits per heavy atom. The highest BCUT2D eigenvalue weighted by atomic mass is 16.3. The van der Waals surface area contributed by atoms with Crippen LogP contribution in [0.15, 0.2) is 47.1 Å². The number of carbonyl (C=O) groups is 3. The number of anilines is 2. The number of nitrogens with zero attached hydrogens (tertiary/aromatic N) is 1. The summed E-state index contributed by atoms with van der Waals surface area (Å²) in [5, 5.41) is 15.3. The zero-order chi connectivity index (χ0) is 20.9. The van der Waals surface area contributed by atoms with Gasteiger partial charge < -0.3 is 25.1 Å². The monoisotopic (exact) mass is 399 g/mol. The third-order valence-corrected chi connectivity index (χ3v) is 4.71. The number of aliphatic hydroxyl groups is 1. The lowest BCUT2D eigenvalue weighted by Crippen LogP contribution is -2.45. The molecule has 1 aliphatic heterocycles. The molecule has 0 aliphatic carbocycles. The molecule has 8 heteroatoms. The number of hydrogen-bond donors (Lipinski definition) is 3. The van der Waals surface area contributed by atoms with Crippen LogP contribution in [0.5, 0.6) is 0 Å². The van der Waals surface area contributed by atoms with Crippen LogP contribution in [0.1, 0.15) is 31.9 Å². The SMILES string of the molecule is C[C@@](O)(CNC(=O)C(=O)Nc1cccc(N2CCCCC2=O)c1)Cc1ccco1. The Morgan fingerprint density at radius 2 is 2.03 bits per heavy atom. The first-order chi connectivity index (χ1) is 13.8. The van der Waals surface area contributed by atoms with Gasteiger partial charge in [0, 0.05) is 37.3 Å². The highest BCUT2D eigenvalue weighted by Crippen LogP contribution is 2.23. The summed E-state index contributed by atoms with van der Waals surface area (Å²) in [6, 6.07) is 10.3. The number of amides is 3. The molecule has 1 saturated heterocycles. The summed E-state index contributed by atoms with van der Waals surface area (Å²) in [7, 11) is 0. The summed E-state index contributed by atoms with van der Waals surface area (Å²) in [6.07, 6.45) is 4.03. The van der Waals surface area contributed by atoms with Gasteiger partial charge in [0.15, 0.2) is 0 Å². The van der Waals surface area contributed by atoms with Gasteiger partial charge in [-0.05, 0) is 50.1 Å². The predicted octanol–water partition coefficient (Wildman–Crippen LogP) is 1.84. The molecule has 2 aromatic rings. The summed E-state index contributed by atoms with van der Waals surface area (Å²) in [5.74, 6) is -1.07. The van der Waals surface area contributed by atoms with Crippen molar-refractivity contribution in [2.75, 3.05) is 23.3 Å². The van der Waals surface area contributed by atoms with Crippen molar-refractivity contribution < 1.29 is 23.9 Å². The Balaban J connectivity index is 1.55. The fourth-order valence-electron chi connectivity index (χ4n) is 3.22. The quantitative estimate of drug-likeness (QED) is 0.642. The van der Waals surface area contributed by atoms with Crippen molar-refractivity contribution in [2.24, 2.45) is 0 Å². The molecular weight excluding hydrogens is 374 g/mol. The molecule has 3 N–H and O–H groups in total. The first-order valence-electron chi connectivity index (χ1n) is 9.58. The van der Waals surface area contributed by atoms with Crippen molar-refractivity contribution in [2.45, 2.75) is 38.2 Å². The molecule has 154 valence electrons. The van der Waals surface area contributed by atoms with Crippen LogP contribution in [-0.2, 0) is 20.8 Å². The van der Waals surface area contributed by atoms with Crippen LogP contribution < -0.4 is 15.5 Å². The molecule has 1 aromatic carbocycles. The number of rotatable bonds is 6. The third-order valence-electron chi connectivity index (χ3n) is 4.71. The highest BCUT2D eigenvalue weighted by Gasteiger charge is 2.25. The van der Waals surface area contributed by atoms with Gasteiger partial charge in [-0.15, -0.1) is 0 Å². The second-order valence-electron chi connectivity index (χ2n) is 7.44. The van der Waals surface area contributed by atoms with Crippen LogP contribution in [0.25, 0.3) is 0 Å². The van der Waals surface area contributed by atoms with Gasteiger partial charge in [0.25, 0.3) is 0 Å². The molecule has 3 rings (SSSR count). The second kappa shape index (κ2) is 8.91. The molecule has 29 heavy (non-hydrogen) atoms. The van der Waals surface area contributed by atoms with E-state index >= 15 is 0 Å². The van der Waals surface area contributed by atoms with Gasteiger partial charge in [0.05, 0.1) is 11.9 Å². The molecule has 0 bridgehead atoms. The van der Waals surface area contributed by atoms with Crippen LogP contribution in [-0.4, -0.2) is 41.5 Å². The lowest BCUT2D eigenvalue weighted by Gasteiger charge is -2.27. The van der Waals surface area contributed by atoms with E-state index in [9.17, 15) is 19.5 Å². The summed E-state index contributed by atoms with van der Waals surface area (Å²) < 4.78 is 5.19. The molecule has 1 fully saturated rings. The Hall–Kier alpha value is -3.13. The number of carbonyl (C=O) groups excluding carboxylic acids is 3. The predicted molar refractivity (Wildman–Crippen MR) is 107 cm³/mol. The maximum atomic E-state index is 12.2. The van der Waals surface area contributed by atoms with Crippen LogP contribution in [0.2, 0.25) is 0 Å². The zero-order valence-electron chi connectivity index (χ0n) is 16.3. The zero-order valence-corrected chi connectivity index (χ0v) is 16.3. The average Bonchev–Trinajstić information content (AvgIpc) is 3.19.